The van der Waals surface area contributed by atoms with Crippen LogP contribution in [-0.2, 0) is 0 Å². The third-order valence-electron chi connectivity index (χ3n) is 3.60. The minimum Gasteiger partial charge on any atom is -0.378 e. The summed E-state index contributed by atoms with van der Waals surface area (Å²) in [6.07, 6.45) is 0. The fourth-order valence-electron chi connectivity index (χ4n) is 2.23. The van der Waals surface area contributed by atoms with Crippen LogP contribution >= 0.6 is 0 Å². The summed E-state index contributed by atoms with van der Waals surface area (Å²) in [4.78, 5) is 14.1. The molecule has 3 rings (SSSR count). The largest absolute Gasteiger partial charge is 0.378 e. The van der Waals surface area contributed by atoms with Gasteiger partial charge in [0.1, 0.15) is 0 Å². The molecule has 0 saturated carbocycles. The van der Waals surface area contributed by atoms with E-state index < -0.39 is 0 Å². The molecule has 0 radical (unpaired) electrons. The fraction of sp³-hybridized carbons (Fsp3) is 0.105. The van der Waals surface area contributed by atoms with Gasteiger partial charge in [-0.15, -0.1) is 10.2 Å². The summed E-state index contributed by atoms with van der Waals surface area (Å²) in [5, 5.41) is 14.0. The second-order valence-corrected chi connectivity index (χ2v) is 5.69. The maximum absolute atomic E-state index is 12.1. The lowest BCUT2D eigenvalue weighted by atomic mass is 10.2. The maximum atomic E-state index is 12.1. The number of rotatable bonds is 5. The van der Waals surface area contributed by atoms with Gasteiger partial charge in [0, 0.05) is 31.0 Å². The molecule has 3 aromatic rings. The molecule has 0 atom stereocenters. The lowest BCUT2D eigenvalue weighted by Crippen LogP contribution is -2.13. The van der Waals surface area contributed by atoms with E-state index in [1.165, 1.54) is 0 Å². The molecule has 126 valence electrons. The standard InChI is InChI=1S/C19H19N5O/c1-24(2)16-10-8-15(9-11-16)20-17-12-13-18(23-22-17)21-19(25)14-6-4-3-5-7-14/h3-13H,1-2H3,(H,20,22)(H,21,23,25). The molecular formula is C19H19N5O. The Labute approximate surface area is 146 Å². The summed E-state index contributed by atoms with van der Waals surface area (Å²) >= 11 is 0. The van der Waals surface area contributed by atoms with Crippen molar-refractivity contribution in [3.05, 3.63) is 72.3 Å². The molecule has 2 aromatic carbocycles. The molecule has 0 aliphatic heterocycles. The first-order valence-corrected chi connectivity index (χ1v) is 7.86. The van der Waals surface area contributed by atoms with Crippen LogP contribution in [0.4, 0.5) is 23.0 Å². The molecule has 1 heterocycles. The lowest BCUT2D eigenvalue weighted by molar-refractivity contribution is 0.102. The van der Waals surface area contributed by atoms with Gasteiger partial charge in [-0.25, -0.2) is 0 Å². The van der Waals surface area contributed by atoms with Crippen LogP contribution in [0.3, 0.4) is 0 Å². The van der Waals surface area contributed by atoms with Gasteiger partial charge >= 0.3 is 0 Å². The van der Waals surface area contributed by atoms with Crippen LogP contribution in [0.5, 0.6) is 0 Å². The molecule has 1 amide bonds. The fourth-order valence-corrected chi connectivity index (χ4v) is 2.23. The molecule has 0 saturated heterocycles. The Balaban J connectivity index is 1.63. The molecular weight excluding hydrogens is 314 g/mol. The zero-order valence-corrected chi connectivity index (χ0v) is 14.1. The smallest absolute Gasteiger partial charge is 0.256 e. The highest BCUT2D eigenvalue weighted by Gasteiger charge is 2.06. The van der Waals surface area contributed by atoms with Gasteiger partial charge < -0.3 is 15.5 Å². The summed E-state index contributed by atoms with van der Waals surface area (Å²) in [6, 6.07) is 20.5. The number of anilines is 4. The number of carbonyl (C=O) groups excluding carboxylic acids is 1. The van der Waals surface area contributed by atoms with E-state index in [2.05, 4.69) is 20.8 Å². The van der Waals surface area contributed by atoms with Gasteiger partial charge in [-0.1, -0.05) is 18.2 Å². The molecule has 0 aliphatic rings. The Morgan fingerprint density at radius 2 is 1.48 bits per heavy atom. The Morgan fingerprint density at radius 1 is 0.840 bits per heavy atom. The van der Waals surface area contributed by atoms with Crippen LogP contribution in [-0.4, -0.2) is 30.2 Å². The second kappa shape index (κ2) is 7.44. The summed E-state index contributed by atoms with van der Waals surface area (Å²) < 4.78 is 0. The Hall–Kier alpha value is -3.41. The summed E-state index contributed by atoms with van der Waals surface area (Å²) in [6.45, 7) is 0. The van der Waals surface area contributed by atoms with Crippen molar-refractivity contribution < 1.29 is 4.79 Å². The van der Waals surface area contributed by atoms with Crippen molar-refractivity contribution in [3.8, 4) is 0 Å². The van der Waals surface area contributed by atoms with E-state index in [9.17, 15) is 4.79 Å². The highest BCUT2D eigenvalue weighted by atomic mass is 16.1. The minimum atomic E-state index is -0.213. The van der Waals surface area contributed by atoms with Crippen LogP contribution in [0.2, 0.25) is 0 Å². The van der Waals surface area contributed by atoms with E-state index in [1.54, 1.807) is 24.3 Å². The van der Waals surface area contributed by atoms with Crippen molar-refractivity contribution in [1.29, 1.82) is 0 Å². The third kappa shape index (κ3) is 4.32. The van der Waals surface area contributed by atoms with Gasteiger partial charge in [0.2, 0.25) is 0 Å². The predicted octanol–water partition coefficient (Wildman–Crippen LogP) is 3.54. The van der Waals surface area contributed by atoms with Crippen molar-refractivity contribution in [2.75, 3.05) is 29.6 Å². The molecule has 25 heavy (non-hydrogen) atoms. The van der Waals surface area contributed by atoms with Crippen LogP contribution in [0.15, 0.2) is 66.7 Å². The van der Waals surface area contributed by atoms with Crippen molar-refractivity contribution in [2.24, 2.45) is 0 Å². The average molecular weight is 333 g/mol. The van der Waals surface area contributed by atoms with Gasteiger partial charge in [-0.05, 0) is 48.5 Å². The van der Waals surface area contributed by atoms with Crippen molar-refractivity contribution >= 4 is 28.9 Å². The van der Waals surface area contributed by atoms with E-state index in [4.69, 9.17) is 0 Å². The Kier molecular flexibility index (Phi) is 4.89. The van der Waals surface area contributed by atoms with Gasteiger partial charge in [0.15, 0.2) is 11.6 Å². The minimum absolute atomic E-state index is 0.213. The van der Waals surface area contributed by atoms with Gasteiger partial charge in [-0.3, -0.25) is 4.79 Å². The van der Waals surface area contributed by atoms with E-state index in [1.807, 2.05) is 61.5 Å². The highest BCUT2D eigenvalue weighted by molar-refractivity contribution is 6.03. The number of aromatic nitrogens is 2. The van der Waals surface area contributed by atoms with Crippen LogP contribution < -0.4 is 15.5 Å². The van der Waals surface area contributed by atoms with Crippen LogP contribution in [0.1, 0.15) is 10.4 Å². The number of amides is 1. The molecule has 0 unspecified atom stereocenters. The molecule has 6 nitrogen and oxygen atoms in total. The number of carbonyl (C=O) groups is 1. The molecule has 1 aromatic heterocycles. The van der Waals surface area contributed by atoms with E-state index >= 15 is 0 Å². The first-order valence-electron chi connectivity index (χ1n) is 7.86. The molecule has 6 heteroatoms. The highest BCUT2D eigenvalue weighted by Crippen LogP contribution is 2.19. The van der Waals surface area contributed by atoms with Crippen molar-refractivity contribution in [2.45, 2.75) is 0 Å². The summed E-state index contributed by atoms with van der Waals surface area (Å²) in [5.41, 5.74) is 2.61. The average Bonchev–Trinajstić information content (AvgIpc) is 2.64. The molecule has 0 bridgehead atoms. The number of hydrogen-bond acceptors (Lipinski definition) is 5. The van der Waals surface area contributed by atoms with E-state index in [0.717, 1.165) is 11.4 Å². The number of nitrogens with one attached hydrogen (secondary N) is 2. The second-order valence-electron chi connectivity index (χ2n) is 5.69. The van der Waals surface area contributed by atoms with Crippen molar-refractivity contribution in [3.63, 3.8) is 0 Å². The van der Waals surface area contributed by atoms with E-state index in [0.29, 0.717) is 17.2 Å². The van der Waals surface area contributed by atoms with Crippen LogP contribution in [0.25, 0.3) is 0 Å². The van der Waals surface area contributed by atoms with E-state index in [-0.39, 0.29) is 5.91 Å². The Bertz CT molecular complexity index is 830. The summed E-state index contributed by atoms with van der Waals surface area (Å²) in [7, 11) is 3.99. The van der Waals surface area contributed by atoms with Crippen molar-refractivity contribution in [1.82, 2.24) is 10.2 Å². The molecule has 0 fully saturated rings. The van der Waals surface area contributed by atoms with Gasteiger partial charge in [-0.2, -0.15) is 0 Å². The third-order valence-corrected chi connectivity index (χ3v) is 3.60. The summed E-state index contributed by atoms with van der Waals surface area (Å²) in [5.74, 6) is 0.799. The Morgan fingerprint density at radius 3 is 2.08 bits per heavy atom. The zero-order valence-electron chi connectivity index (χ0n) is 14.1. The number of benzene rings is 2. The quantitative estimate of drug-likeness (QED) is 0.747. The number of hydrogen-bond donors (Lipinski definition) is 2. The lowest BCUT2D eigenvalue weighted by Gasteiger charge is -2.13. The SMILES string of the molecule is CN(C)c1ccc(Nc2ccc(NC(=O)c3ccccc3)nn2)cc1. The first-order chi connectivity index (χ1) is 12.1. The number of nitrogens with zero attached hydrogens (tertiary/aromatic N) is 3. The molecule has 0 aliphatic carbocycles. The van der Waals surface area contributed by atoms with Gasteiger partial charge in [0.05, 0.1) is 0 Å². The zero-order chi connectivity index (χ0) is 17.6. The predicted molar refractivity (Wildman–Crippen MR) is 100 cm³/mol. The van der Waals surface area contributed by atoms with Gasteiger partial charge in [0.25, 0.3) is 5.91 Å². The molecule has 0 spiro atoms. The molecule has 2 N–H and O–H groups in total. The topological polar surface area (TPSA) is 70.2 Å². The maximum Gasteiger partial charge on any atom is 0.256 e. The first kappa shape index (κ1) is 16.4. The van der Waals surface area contributed by atoms with Crippen LogP contribution in [0, 0.1) is 0 Å². The normalized spacial score (nSPS) is 10.2. The monoisotopic (exact) mass is 333 g/mol.